The highest BCUT2D eigenvalue weighted by molar-refractivity contribution is 5.78. The Hall–Kier alpha value is -1.86. The van der Waals surface area contributed by atoms with Gasteiger partial charge in [-0.2, -0.15) is 5.26 Å². The molecule has 0 spiro atoms. The van der Waals surface area contributed by atoms with Crippen LogP contribution in [0.2, 0.25) is 0 Å². The number of rotatable bonds is 2. The van der Waals surface area contributed by atoms with Gasteiger partial charge in [-0.05, 0) is 19.1 Å². The monoisotopic (exact) mass is 190 g/mol. The number of nitriles is 1. The highest BCUT2D eigenvalue weighted by Gasteiger charge is 2.12. The molecule has 0 amide bonds. The van der Waals surface area contributed by atoms with Crippen LogP contribution in [0.5, 0.6) is 5.75 Å². The highest BCUT2D eigenvalue weighted by Crippen LogP contribution is 2.16. The van der Waals surface area contributed by atoms with Gasteiger partial charge in [0.15, 0.2) is 0 Å². The molecule has 0 bridgehead atoms. The molecule has 0 radical (unpaired) electrons. The van der Waals surface area contributed by atoms with Gasteiger partial charge in [-0.1, -0.05) is 12.1 Å². The first-order valence-corrected chi connectivity index (χ1v) is 4.11. The SMILES string of the molecule is C[C@H](N)C(=O)Oc1ccccc1C#N. The van der Waals surface area contributed by atoms with E-state index in [1.807, 2.05) is 6.07 Å². The number of esters is 1. The zero-order valence-corrected chi connectivity index (χ0v) is 7.73. The minimum Gasteiger partial charge on any atom is -0.424 e. The second-order valence-electron chi connectivity index (χ2n) is 2.82. The molecule has 72 valence electrons. The van der Waals surface area contributed by atoms with Crippen molar-refractivity contribution < 1.29 is 9.53 Å². The van der Waals surface area contributed by atoms with Gasteiger partial charge in [-0.3, -0.25) is 0 Å². The summed E-state index contributed by atoms with van der Waals surface area (Å²) < 4.78 is 4.91. The second kappa shape index (κ2) is 4.40. The van der Waals surface area contributed by atoms with Gasteiger partial charge in [0.05, 0.1) is 5.56 Å². The fraction of sp³-hybridized carbons (Fsp3) is 0.200. The van der Waals surface area contributed by atoms with E-state index < -0.39 is 12.0 Å². The molecule has 2 N–H and O–H groups in total. The van der Waals surface area contributed by atoms with Crippen molar-refractivity contribution in [2.24, 2.45) is 5.73 Å². The minimum atomic E-state index is -0.693. The van der Waals surface area contributed by atoms with Crippen LogP contribution in [0.4, 0.5) is 0 Å². The normalized spacial score (nSPS) is 11.5. The van der Waals surface area contributed by atoms with Crippen LogP contribution >= 0.6 is 0 Å². The van der Waals surface area contributed by atoms with E-state index in [0.717, 1.165) is 0 Å². The van der Waals surface area contributed by atoms with Gasteiger partial charge in [-0.15, -0.1) is 0 Å². The fourth-order valence-electron chi connectivity index (χ4n) is 0.849. The zero-order valence-electron chi connectivity index (χ0n) is 7.73. The van der Waals surface area contributed by atoms with E-state index in [1.54, 1.807) is 24.3 Å². The number of hydrogen-bond acceptors (Lipinski definition) is 4. The number of benzene rings is 1. The summed E-state index contributed by atoms with van der Waals surface area (Å²) >= 11 is 0. The lowest BCUT2D eigenvalue weighted by Gasteiger charge is -2.07. The number of nitrogens with zero attached hydrogens (tertiary/aromatic N) is 1. The van der Waals surface area contributed by atoms with E-state index in [1.165, 1.54) is 6.92 Å². The maximum absolute atomic E-state index is 11.1. The molecule has 0 saturated heterocycles. The summed E-state index contributed by atoms with van der Waals surface area (Å²) in [5.74, 6) is -0.301. The lowest BCUT2D eigenvalue weighted by molar-refractivity contribution is -0.135. The van der Waals surface area contributed by atoms with E-state index in [-0.39, 0.29) is 5.75 Å². The summed E-state index contributed by atoms with van der Waals surface area (Å²) in [4.78, 5) is 11.1. The summed E-state index contributed by atoms with van der Waals surface area (Å²) in [6, 6.07) is 7.74. The Morgan fingerprint density at radius 3 is 2.79 bits per heavy atom. The molecular weight excluding hydrogens is 180 g/mol. The largest absolute Gasteiger partial charge is 0.424 e. The van der Waals surface area contributed by atoms with E-state index in [4.69, 9.17) is 15.7 Å². The Balaban J connectivity index is 2.87. The molecule has 0 aromatic heterocycles. The minimum absolute atomic E-state index is 0.248. The number of para-hydroxylation sites is 1. The number of ether oxygens (including phenoxy) is 1. The molecule has 1 aromatic carbocycles. The van der Waals surface area contributed by atoms with Crippen LogP contribution in [0, 0.1) is 11.3 Å². The molecule has 0 fully saturated rings. The van der Waals surface area contributed by atoms with Crippen LogP contribution in [0.25, 0.3) is 0 Å². The molecule has 1 aromatic rings. The molecule has 14 heavy (non-hydrogen) atoms. The first kappa shape index (κ1) is 10.2. The molecule has 1 atom stereocenters. The molecule has 0 saturated carbocycles. The van der Waals surface area contributed by atoms with Crippen molar-refractivity contribution in [3.8, 4) is 11.8 Å². The van der Waals surface area contributed by atoms with Gasteiger partial charge in [0, 0.05) is 0 Å². The van der Waals surface area contributed by atoms with E-state index in [2.05, 4.69) is 0 Å². The third-order valence-electron chi connectivity index (χ3n) is 1.59. The molecule has 4 nitrogen and oxygen atoms in total. The summed E-state index contributed by atoms with van der Waals surface area (Å²) in [6.07, 6.45) is 0. The predicted molar refractivity (Wildman–Crippen MR) is 50.4 cm³/mol. The Labute approximate surface area is 81.9 Å². The Morgan fingerprint density at radius 1 is 1.57 bits per heavy atom. The van der Waals surface area contributed by atoms with Gasteiger partial charge >= 0.3 is 5.97 Å². The third-order valence-corrected chi connectivity index (χ3v) is 1.59. The maximum atomic E-state index is 11.1. The lowest BCUT2D eigenvalue weighted by Crippen LogP contribution is -2.31. The van der Waals surface area contributed by atoms with E-state index in [0.29, 0.717) is 5.56 Å². The topological polar surface area (TPSA) is 76.1 Å². The van der Waals surface area contributed by atoms with Crippen LogP contribution in [0.3, 0.4) is 0 Å². The summed E-state index contributed by atoms with van der Waals surface area (Å²) in [5.41, 5.74) is 5.64. The van der Waals surface area contributed by atoms with Gasteiger partial charge in [0.25, 0.3) is 0 Å². The molecule has 0 heterocycles. The smallest absolute Gasteiger partial charge is 0.328 e. The van der Waals surface area contributed by atoms with E-state index in [9.17, 15) is 4.79 Å². The lowest BCUT2D eigenvalue weighted by atomic mass is 10.2. The first-order chi connectivity index (χ1) is 6.65. The van der Waals surface area contributed by atoms with Crippen molar-refractivity contribution in [1.82, 2.24) is 0 Å². The van der Waals surface area contributed by atoms with E-state index >= 15 is 0 Å². The highest BCUT2D eigenvalue weighted by atomic mass is 16.5. The standard InChI is InChI=1S/C10H10N2O2/c1-7(12)10(13)14-9-5-3-2-4-8(9)6-11/h2-5,7H,12H2,1H3/t7-/m0/s1. The predicted octanol–water partition coefficient (Wildman–Crippen LogP) is 0.811. The summed E-state index contributed by atoms with van der Waals surface area (Å²) in [6.45, 7) is 1.53. The molecule has 1 rings (SSSR count). The van der Waals surface area contributed by atoms with Crippen LogP contribution in [-0.4, -0.2) is 12.0 Å². The van der Waals surface area contributed by atoms with Gasteiger partial charge in [0.2, 0.25) is 0 Å². The number of carbonyl (C=O) groups excluding carboxylic acids is 1. The average Bonchev–Trinajstić information content (AvgIpc) is 2.18. The average molecular weight is 190 g/mol. The van der Waals surface area contributed by atoms with Crippen LogP contribution < -0.4 is 10.5 Å². The Bertz CT molecular complexity index is 380. The molecule has 4 heteroatoms. The van der Waals surface area contributed by atoms with Gasteiger partial charge in [-0.25, -0.2) is 4.79 Å². The number of nitrogens with two attached hydrogens (primary N) is 1. The van der Waals surface area contributed by atoms with Crippen molar-refractivity contribution in [3.63, 3.8) is 0 Å². The Kier molecular flexibility index (Phi) is 3.21. The van der Waals surface area contributed by atoms with Gasteiger partial charge < -0.3 is 10.5 Å². The fourth-order valence-corrected chi connectivity index (χ4v) is 0.849. The molecule has 0 aliphatic heterocycles. The summed E-state index contributed by atoms with van der Waals surface area (Å²) in [5, 5.41) is 8.70. The molecule has 0 aliphatic carbocycles. The quantitative estimate of drug-likeness (QED) is 0.553. The maximum Gasteiger partial charge on any atom is 0.328 e. The van der Waals surface area contributed by atoms with Crippen LogP contribution in [0.15, 0.2) is 24.3 Å². The van der Waals surface area contributed by atoms with Crippen molar-refractivity contribution in [3.05, 3.63) is 29.8 Å². The van der Waals surface area contributed by atoms with Crippen LogP contribution in [-0.2, 0) is 4.79 Å². The van der Waals surface area contributed by atoms with Crippen LogP contribution in [0.1, 0.15) is 12.5 Å². The van der Waals surface area contributed by atoms with Crippen molar-refractivity contribution >= 4 is 5.97 Å². The van der Waals surface area contributed by atoms with Gasteiger partial charge in [0.1, 0.15) is 17.9 Å². The van der Waals surface area contributed by atoms with Crippen molar-refractivity contribution in [2.45, 2.75) is 13.0 Å². The molecular formula is C10H10N2O2. The zero-order chi connectivity index (χ0) is 10.6. The molecule has 0 aliphatic rings. The van der Waals surface area contributed by atoms with Crippen molar-refractivity contribution in [2.75, 3.05) is 0 Å². The third kappa shape index (κ3) is 2.31. The first-order valence-electron chi connectivity index (χ1n) is 4.11. The van der Waals surface area contributed by atoms with Crippen molar-refractivity contribution in [1.29, 1.82) is 5.26 Å². The molecule has 0 unspecified atom stereocenters. The number of hydrogen-bond donors (Lipinski definition) is 1. The summed E-state index contributed by atoms with van der Waals surface area (Å²) in [7, 11) is 0. The Morgan fingerprint density at radius 2 is 2.21 bits per heavy atom. The second-order valence-corrected chi connectivity index (χ2v) is 2.82. The number of carbonyl (C=O) groups is 1.